The van der Waals surface area contributed by atoms with Gasteiger partial charge in [0.25, 0.3) is 0 Å². The number of fused-ring (bicyclic) bond motifs is 1. The van der Waals surface area contributed by atoms with Crippen LogP contribution in [0, 0.1) is 5.82 Å². The quantitative estimate of drug-likeness (QED) is 0.765. The van der Waals surface area contributed by atoms with Gasteiger partial charge in [-0.3, -0.25) is 0 Å². The Morgan fingerprint density at radius 3 is 2.80 bits per heavy atom. The molecule has 0 aromatic heterocycles. The van der Waals surface area contributed by atoms with Crippen LogP contribution in [0.25, 0.3) is 0 Å². The first-order valence-corrected chi connectivity index (χ1v) is 5.44. The Balaban J connectivity index is 2.08. The van der Waals surface area contributed by atoms with Crippen molar-refractivity contribution < 1.29 is 9.13 Å². The molecule has 0 amide bonds. The van der Waals surface area contributed by atoms with Gasteiger partial charge in [-0.15, -0.1) is 0 Å². The molecule has 2 nitrogen and oxygen atoms in total. The van der Waals surface area contributed by atoms with Gasteiger partial charge in [-0.2, -0.15) is 0 Å². The van der Waals surface area contributed by atoms with Crippen LogP contribution in [0.2, 0.25) is 0 Å². The smallest absolute Gasteiger partial charge is 0.131 e. The van der Waals surface area contributed by atoms with Gasteiger partial charge in [-0.1, -0.05) is 0 Å². The Hall–Kier alpha value is -1.09. The lowest BCUT2D eigenvalue weighted by Crippen LogP contribution is -2.44. The zero-order valence-corrected chi connectivity index (χ0v) is 8.55. The van der Waals surface area contributed by atoms with Gasteiger partial charge in [0.15, 0.2) is 0 Å². The molecular formula is C12H14FNO. The maximum atomic E-state index is 13.8. The van der Waals surface area contributed by atoms with Crippen LogP contribution in [-0.2, 0) is 12.0 Å². The van der Waals surface area contributed by atoms with E-state index in [0.717, 1.165) is 31.2 Å². The third-order valence-electron chi connectivity index (χ3n) is 3.56. The van der Waals surface area contributed by atoms with Crippen LogP contribution >= 0.6 is 0 Å². The summed E-state index contributed by atoms with van der Waals surface area (Å²) in [6.45, 7) is 0.662. The summed E-state index contributed by atoms with van der Waals surface area (Å²) in [6, 6.07) is 3.39. The summed E-state index contributed by atoms with van der Waals surface area (Å²) in [7, 11) is 0. The van der Waals surface area contributed by atoms with E-state index >= 15 is 0 Å². The molecule has 0 spiro atoms. The minimum absolute atomic E-state index is 0.210. The van der Waals surface area contributed by atoms with E-state index in [4.69, 9.17) is 10.5 Å². The molecule has 3 rings (SSSR count). The Morgan fingerprint density at radius 2 is 2.13 bits per heavy atom. The largest absolute Gasteiger partial charge is 0.493 e. The van der Waals surface area contributed by atoms with Gasteiger partial charge >= 0.3 is 0 Å². The van der Waals surface area contributed by atoms with Crippen molar-refractivity contribution >= 4 is 0 Å². The van der Waals surface area contributed by atoms with Crippen LogP contribution in [0.1, 0.15) is 30.4 Å². The molecular weight excluding hydrogens is 193 g/mol. The number of benzene rings is 1. The molecule has 80 valence electrons. The Morgan fingerprint density at radius 1 is 1.33 bits per heavy atom. The third-order valence-corrected chi connectivity index (χ3v) is 3.56. The van der Waals surface area contributed by atoms with Crippen molar-refractivity contribution in [2.45, 2.75) is 31.2 Å². The second-order valence-electron chi connectivity index (χ2n) is 4.55. The molecule has 2 N–H and O–H groups in total. The molecule has 1 fully saturated rings. The first-order valence-electron chi connectivity index (χ1n) is 5.44. The van der Waals surface area contributed by atoms with Gasteiger partial charge in [0.05, 0.1) is 6.61 Å². The minimum Gasteiger partial charge on any atom is -0.493 e. The van der Waals surface area contributed by atoms with Gasteiger partial charge in [0.1, 0.15) is 11.6 Å². The van der Waals surface area contributed by atoms with Crippen molar-refractivity contribution in [3.63, 3.8) is 0 Å². The Kier molecular flexibility index (Phi) is 1.80. The van der Waals surface area contributed by atoms with Crippen LogP contribution in [0.15, 0.2) is 12.1 Å². The Bertz CT molecular complexity index is 412. The molecule has 1 saturated carbocycles. The predicted octanol–water partition coefficient (Wildman–Crippen LogP) is 2.10. The van der Waals surface area contributed by atoms with E-state index in [1.165, 1.54) is 6.07 Å². The summed E-state index contributed by atoms with van der Waals surface area (Å²) in [5, 5.41) is 0. The highest BCUT2D eigenvalue weighted by atomic mass is 19.1. The number of hydrogen-bond acceptors (Lipinski definition) is 2. The molecule has 3 heteroatoms. The molecule has 0 bridgehead atoms. The van der Waals surface area contributed by atoms with E-state index in [1.54, 1.807) is 0 Å². The summed E-state index contributed by atoms with van der Waals surface area (Å²) < 4.78 is 19.1. The standard InChI is InChI=1S/C12H14FNO/c13-10-7-11-8(2-5-15-11)6-9(10)12(14)3-1-4-12/h6-7H,1-5,14H2. The molecule has 0 unspecified atom stereocenters. The summed E-state index contributed by atoms with van der Waals surface area (Å²) >= 11 is 0. The number of ether oxygens (including phenoxy) is 1. The second-order valence-corrected chi connectivity index (χ2v) is 4.55. The number of hydrogen-bond donors (Lipinski definition) is 1. The highest BCUT2D eigenvalue weighted by Gasteiger charge is 2.37. The summed E-state index contributed by atoms with van der Waals surface area (Å²) in [5.74, 6) is 0.483. The first-order chi connectivity index (χ1) is 7.19. The summed E-state index contributed by atoms with van der Waals surface area (Å²) in [6.07, 6.45) is 3.76. The van der Waals surface area contributed by atoms with Crippen molar-refractivity contribution in [3.05, 3.63) is 29.1 Å². The third kappa shape index (κ3) is 1.26. The fourth-order valence-electron chi connectivity index (χ4n) is 2.41. The molecule has 1 aromatic carbocycles. The van der Waals surface area contributed by atoms with E-state index in [0.29, 0.717) is 17.9 Å². The highest BCUT2D eigenvalue weighted by Crippen LogP contribution is 2.42. The molecule has 0 saturated heterocycles. The molecule has 0 radical (unpaired) electrons. The van der Waals surface area contributed by atoms with Crippen molar-refractivity contribution in [2.24, 2.45) is 5.73 Å². The molecule has 1 aliphatic heterocycles. The van der Waals surface area contributed by atoms with E-state index in [2.05, 4.69) is 0 Å². The van der Waals surface area contributed by atoms with Gasteiger partial charge < -0.3 is 10.5 Å². The van der Waals surface area contributed by atoms with Gasteiger partial charge in [-0.05, 0) is 30.9 Å². The van der Waals surface area contributed by atoms with Crippen LogP contribution in [-0.4, -0.2) is 6.61 Å². The lowest BCUT2D eigenvalue weighted by molar-refractivity contribution is 0.245. The maximum Gasteiger partial charge on any atom is 0.131 e. The molecule has 1 aliphatic carbocycles. The number of rotatable bonds is 1. The van der Waals surface area contributed by atoms with Gasteiger partial charge in [0.2, 0.25) is 0 Å². The fraction of sp³-hybridized carbons (Fsp3) is 0.500. The molecule has 2 aliphatic rings. The van der Waals surface area contributed by atoms with Crippen LogP contribution in [0.3, 0.4) is 0 Å². The van der Waals surface area contributed by atoms with Crippen LogP contribution < -0.4 is 10.5 Å². The first kappa shape index (κ1) is 9.16. The van der Waals surface area contributed by atoms with E-state index in [9.17, 15) is 4.39 Å². The lowest BCUT2D eigenvalue weighted by atomic mass is 9.72. The van der Waals surface area contributed by atoms with Crippen LogP contribution in [0.5, 0.6) is 5.75 Å². The summed E-state index contributed by atoms with van der Waals surface area (Å²) in [5.41, 5.74) is 7.50. The SMILES string of the molecule is NC1(c2cc3c(cc2F)OCC3)CCC1. The maximum absolute atomic E-state index is 13.8. The van der Waals surface area contributed by atoms with Crippen molar-refractivity contribution in [1.29, 1.82) is 0 Å². The average Bonchev–Trinajstić information content (AvgIpc) is 2.60. The molecule has 15 heavy (non-hydrogen) atoms. The molecule has 1 aromatic rings. The van der Waals surface area contributed by atoms with Gasteiger partial charge in [-0.25, -0.2) is 4.39 Å². The second kappa shape index (κ2) is 2.95. The van der Waals surface area contributed by atoms with Gasteiger partial charge in [0, 0.05) is 23.6 Å². The Labute approximate surface area is 88.2 Å². The predicted molar refractivity (Wildman–Crippen MR) is 55.3 cm³/mol. The number of halogens is 1. The van der Waals surface area contributed by atoms with Crippen molar-refractivity contribution in [1.82, 2.24) is 0 Å². The average molecular weight is 207 g/mol. The molecule has 1 heterocycles. The molecule has 0 atom stereocenters. The van der Waals surface area contributed by atoms with E-state index in [1.807, 2.05) is 6.07 Å². The minimum atomic E-state index is -0.415. The lowest BCUT2D eigenvalue weighted by Gasteiger charge is -2.38. The monoisotopic (exact) mass is 207 g/mol. The van der Waals surface area contributed by atoms with E-state index in [-0.39, 0.29) is 5.82 Å². The highest BCUT2D eigenvalue weighted by molar-refractivity contribution is 5.43. The van der Waals surface area contributed by atoms with Crippen molar-refractivity contribution in [3.8, 4) is 5.75 Å². The zero-order valence-electron chi connectivity index (χ0n) is 8.55. The fourth-order valence-corrected chi connectivity index (χ4v) is 2.41. The normalized spacial score (nSPS) is 21.7. The van der Waals surface area contributed by atoms with Crippen molar-refractivity contribution in [2.75, 3.05) is 6.61 Å². The van der Waals surface area contributed by atoms with E-state index < -0.39 is 5.54 Å². The van der Waals surface area contributed by atoms with Crippen LogP contribution in [0.4, 0.5) is 4.39 Å². The topological polar surface area (TPSA) is 35.2 Å². The zero-order chi connectivity index (χ0) is 10.5. The summed E-state index contributed by atoms with van der Waals surface area (Å²) in [4.78, 5) is 0. The number of nitrogens with two attached hydrogens (primary N) is 1.